The molecule has 0 spiro atoms. The van der Waals surface area contributed by atoms with Crippen LogP contribution in [0.3, 0.4) is 0 Å². The fourth-order valence-corrected chi connectivity index (χ4v) is 4.41. The maximum Gasteiger partial charge on any atom is 0.246 e. The highest BCUT2D eigenvalue weighted by molar-refractivity contribution is 7.89. The molecule has 18 heavy (non-hydrogen) atoms. The van der Waals surface area contributed by atoms with Gasteiger partial charge in [0, 0.05) is 12.6 Å². The lowest BCUT2D eigenvalue weighted by Gasteiger charge is -2.22. The molecule has 1 aromatic rings. The van der Waals surface area contributed by atoms with Crippen molar-refractivity contribution in [2.24, 2.45) is 0 Å². The molecule has 1 aromatic carbocycles. The van der Waals surface area contributed by atoms with Crippen LogP contribution >= 0.6 is 11.6 Å². The van der Waals surface area contributed by atoms with Gasteiger partial charge in [-0.1, -0.05) is 24.6 Å². The van der Waals surface area contributed by atoms with Crippen molar-refractivity contribution >= 4 is 27.3 Å². The van der Waals surface area contributed by atoms with Crippen molar-refractivity contribution in [1.29, 1.82) is 0 Å². The molecule has 0 saturated heterocycles. The van der Waals surface area contributed by atoms with Crippen LogP contribution in [0.15, 0.2) is 23.1 Å². The van der Waals surface area contributed by atoms with E-state index in [-0.39, 0.29) is 21.6 Å². The minimum atomic E-state index is -3.58. The smallest absolute Gasteiger partial charge is 0.246 e. The van der Waals surface area contributed by atoms with Gasteiger partial charge in [0.1, 0.15) is 4.90 Å². The summed E-state index contributed by atoms with van der Waals surface area (Å²) in [5.74, 6) is 0. The summed E-state index contributed by atoms with van der Waals surface area (Å²) >= 11 is 6.00. The SMILES string of the molecule is CCCN(C1CC1)S(=O)(=O)c1c(N)cccc1Cl. The summed E-state index contributed by atoms with van der Waals surface area (Å²) in [5.41, 5.74) is 5.98. The van der Waals surface area contributed by atoms with Crippen LogP contribution in [-0.4, -0.2) is 25.3 Å². The highest BCUT2D eigenvalue weighted by Crippen LogP contribution is 2.36. The van der Waals surface area contributed by atoms with E-state index in [4.69, 9.17) is 17.3 Å². The molecule has 0 aromatic heterocycles. The van der Waals surface area contributed by atoms with Crippen molar-refractivity contribution in [3.8, 4) is 0 Å². The third-order valence-electron chi connectivity index (χ3n) is 2.96. The minimum Gasteiger partial charge on any atom is -0.398 e. The Morgan fingerprint density at radius 2 is 2.11 bits per heavy atom. The number of hydrogen-bond donors (Lipinski definition) is 1. The molecule has 1 saturated carbocycles. The fraction of sp³-hybridized carbons (Fsp3) is 0.500. The maximum absolute atomic E-state index is 12.6. The third kappa shape index (κ3) is 2.48. The summed E-state index contributed by atoms with van der Waals surface area (Å²) in [6.07, 6.45) is 2.62. The van der Waals surface area contributed by atoms with Crippen LogP contribution in [0.5, 0.6) is 0 Å². The van der Waals surface area contributed by atoms with Gasteiger partial charge in [-0.05, 0) is 31.4 Å². The van der Waals surface area contributed by atoms with Crippen molar-refractivity contribution in [2.75, 3.05) is 12.3 Å². The number of sulfonamides is 1. The fourth-order valence-electron chi connectivity index (χ4n) is 2.00. The minimum absolute atomic E-state index is 0.0482. The van der Waals surface area contributed by atoms with Crippen LogP contribution in [0.25, 0.3) is 0 Å². The number of anilines is 1. The molecule has 0 amide bonds. The van der Waals surface area contributed by atoms with Crippen LogP contribution in [-0.2, 0) is 10.0 Å². The molecule has 1 aliphatic rings. The molecule has 1 fully saturated rings. The van der Waals surface area contributed by atoms with E-state index in [9.17, 15) is 8.42 Å². The van der Waals surface area contributed by atoms with Crippen molar-refractivity contribution in [1.82, 2.24) is 4.31 Å². The monoisotopic (exact) mass is 288 g/mol. The summed E-state index contributed by atoms with van der Waals surface area (Å²) in [4.78, 5) is 0.0482. The molecule has 0 unspecified atom stereocenters. The van der Waals surface area contributed by atoms with E-state index in [0.717, 1.165) is 19.3 Å². The van der Waals surface area contributed by atoms with Gasteiger partial charge in [0.05, 0.1) is 10.7 Å². The van der Waals surface area contributed by atoms with Gasteiger partial charge in [-0.25, -0.2) is 8.42 Å². The van der Waals surface area contributed by atoms with Crippen LogP contribution in [0.1, 0.15) is 26.2 Å². The molecule has 2 rings (SSSR count). The molecular formula is C12H17ClN2O2S. The molecule has 2 N–H and O–H groups in total. The quantitative estimate of drug-likeness (QED) is 0.847. The molecule has 0 radical (unpaired) electrons. The summed E-state index contributed by atoms with van der Waals surface area (Å²) in [6.45, 7) is 2.47. The Bertz CT molecular complexity index is 521. The molecule has 6 heteroatoms. The Labute approximate surface area is 113 Å². The Morgan fingerprint density at radius 1 is 1.44 bits per heavy atom. The van der Waals surface area contributed by atoms with Gasteiger partial charge < -0.3 is 5.73 Å². The van der Waals surface area contributed by atoms with Crippen molar-refractivity contribution in [3.63, 3.8) is 0 Å². The first-order chi connectivity index (χ1) is 8.48. The maximum atomic E-state index is 12.6. The summed E-state index contributed by atoms with van der Waals surface area (Å²) in [5, 5.41) is 0.191. The van der Waals surface area contributed by atoms with Gasteiger partial charge in [-0.3, -0.25) is 0 Å². The first-order valence-electron chi connectivity index (χ1n) is 6.04. The molecule has 4 nitrogen and oxygen atoms in total. The normalized spacial score (nSPS) is 16.2. The van der Waals surface area contributed by atoms with Gasteiger partial charge in [0.2, 0.25) is 10.0 Å². The number of rotatable bonds is 5. The van der Waals surface area contributed by atoms with E-state index in [0.29, 0.717) is 6.54 Å². The number of nitrogens with zero attached hydrogens (tertiary/aromatic N) is 1. The molecule has 0 atom stereocenters. The van der Waals surface area contributed by atoms with E-state index < -0.39 is 10.0 Å². The second-order valence-electron chi connectivity index (χ2n) is 4.51. The van der Waals surface area contributed by atoms with Gasteiger partial charge in [-0.15, -0.1) is 0 Å². The first-order valence-corrected chi connectivity index (χ1v) is 7.86. The Kier molecular flexibility index (Phi) is 3.84. The Hall–Kier alpha value is -0.780. The van der Waals surface area contributed by atoms with Crippen LogP contribution in [0.4, 0.5) is 5.69 Å². The van der Waals surface area contributed by atoms with E-state index in [1.165, 1.54) is 4.31 Å². The molecule has 0 aliphatic heterocycles. The van der Waals surface area contributed by atoms with Crippen molar-refractivity contribution < 1.29 is 8.42 Å². The van der Waals surface area contributed by atoms with Gasteiger partial charge in [-0.2, -0.15) is 4.31 Å². The molecule has 100 valence electrons. The van der Waals surface area contributed by atoms with Crippen LogP contribution < -0.4 is 5.73 Å². The third-order valence-corrected chi connectivity index (χ3v) is 5.46. The largest absolute Gasteiger partial charge is 0.398 e. The van der Waals surface area contributed by atoms with E-state index in [1.807, 2.05) is 6.92 Å². The topological polar surface area (TPSA) is 63.4 Å². The van der Waals surface area contributed by atoms with Crippen molar-refractivity contribution in [3.05, 3.63) is 23.2 Å². The molecule has 0 heterocycles. The lowest BCUT2D eigenvalue weighted by molar-refractivity contribution is 0.403. The number of nitrogen functional groups attached to an aromatic ring is 1. The summed E-state index contributed by atoms with van der Waals surface area (Å²) in [6, 6.07) is 4.89. The van der Waals surface area contributed by atoms with Gasteiger partial charge in [0.25, 0.3) is 0 Å². The molecular weight excluding hydrogens is 272 g/mol. The van der Waals surface area contributed by atoms with Gasteiger partial charge in [0.15, 0.2) is 0 Å². The first kappa shape index (κ1) is 13.6. The zero-order chi connectivity index (χ0) is 13.3. The zero-order valence-electron chi connectivity index (χ0n) is 10.3. The Balaban J connectivity index is 2.46. The molecule has 0 bridgehead atoms. The Morgan fingerprint density at radius 3 is 2.61 bits per heavy atom. The highest BCUT2D eigenvalue weighted by atomic mass is 35.5. The lowest BCUT2D eigenvalue weighted by Crippen LogP contribution is -2.34. The predicted molar refractivity (Wildman–Crippen MR) is 73.1 cm³/mol. The average Bonchev–Trinajstić information content (AvgIpc) is 3.08. The van der Waals surface area contributed by atoms with Gasteiger partial charge >= 0.3 is 0 Å². The zero-order valence-corrected chi connectivity index (χ0v) is 11.8. The van der Waals surface area contributed by atoms with Crippen molar-refractivity contribution in [2.45, 2.75) is 37.1 Å². The second-order valence-corrected chi connectivity index (χ2v) is 6.74. The number of halogens is 1. The number of nitrogens with two attached hydrogens (primary N) is 1. The van der Waals surface area contributed by atoms with Crippen LogP contribution in [0.2, 0.25) is 5.02 Å². The predicted octanol–water partition coefficient (Wildman–Crippen LogP) is 2.49. The molecule has 1 aliphatic carbocycles. The highest BCUT2D eigenvalue weighted by Gasteiger charge is 2.39. The average molecular weight is 289 g/mol. The van der Waals surface area contributed by atoms with E-state index in [2.05, 4.69) is 0 Å². The summed E-state index contributed by atoms with van der Waals surface area (Å²) < 4.78 is 26.7. The summed E-state index contributed by atoms with van der Waals surface area (Å²) in [7, 11) is -3.58. The standard InChI is InChI=1S/C12H17ClN2O2S/c1-2-8-15(9-6-7-9)18(16,17)12-10(13)4-3-5-11(12)14/h3-5,9H,2,6-8,14H2,1H3. The lowest BCUT2D eigenvalue weighted by atomic mass is 10.3. The second kappa shape index (κ2) is 5.07. The van der Waals surface area contributed by atoms with E-state index in [1.54, 1.807) is 18.2 Å². The van der Waals surface area contributed by atoms with Crippen LogP contribution in [0, 0.1) is 0 Å². The van der Waals surface area contributed by atoms with E-state index >= 15 is 0 Å². The number of benzene rings is 1. The number of hydrogen-bond acceptors (Lipinski definition) is 3.